The van der Waals surface area contributed by atoms with Crippen molar-refractivity contribution in [3.8, 4) is 0 Å². The Labute approximate surface area is 95.8 Å². The third-order valence-corrected chi connectivity index (χ3v) is 3.02. The molecule has 1 N–H and O–H groups in total. The highest BCUT2D eigenvalue weighted by Gasteiger charge is 2.28. The highest BCUT2D eigenvalue weighted by atomic mass is 19.1. The zero-order valence-corrected chi connectivity index (χ0v) is 9.58. The fourth-order valence-electron chi connectivity index (χ4n) is 1.98. The van der Waals surface area contributed by atoms with E-state index in [0.29, 0.717) is 24.3 Å². The summed E-state index contributed by atoms with van der Waals surface area (Å²) in [6.07, 6.45) is 2.38. The number of hydrogen-bond donors (Lipinski definition) is 1. The van der Waals surface area contributed by atoms with Gasteiger partial charge in [0.15, 0.2) is 0 Å². The molecule has 1 aromatic rings. The van der Waals surface area contributed by atoms with Crippen molar-refractivity contribution < 1.29 is 9.13 Å². The Kier molecular flexibility index (Phi) is 3.91. The topological polar surface area (TPSA) is 21.3 Å². The highest BCUT2D eigenvalue weighted by molar-refractivity contribution is 5.16. The highest BCUT2D eigenvalue weighted by Crippen LogP contribution is 2.24. The summed E-state index contributed by atoms with van der Waals surface area (Å²) in [6.45, 7) is 3.49. The fourth-order valence-corrected chi connectivity index (χ4v) is 1.98. The molecule has 0 aliphatic heterocycles. The number of ether oxygens (including phenoxy) is 1. The first-order valence-electron chi connectivity index (χ1n) is 5.88. The SMILES string of the molecule is CCNC1CC(OCc2ccccc2F)C1. The van der Waals surface area contributed by atoms with Crippen LogP contribution < -0.4 is 5.32 Å². The van der Waals surface area contributed by atoms with Gasteiger partial charge in [0.1, 0.15) is 5.82 Å². The second kappa shape index (κ2) is 5.41. The first kappa shape index (κ1) is 11.6. The number of halogens is 1. The van der Waals surface area contributed by atoms with Gasteiger partial charge in [-0.25, -0.2) is 4.39 Å². The zero-order chi connectivity index (χ0) is 11.4. The van der Waals surface area contributed by atoms with Crippen LogP contribution in [0.2, 0.25) is 0 Å². The third kappa shape index (κ3) is 2.80. The Hall–Kier alpha value is -0.930. The van der Waals surface area contributed by atoms with Crippen LogP contribution in [-0.4, -0.2) is 18.7 Å². The lowest BCUT2D eigenvalue weighted by atomic mass is 9.89. The number of rotatable bonds is 5. The van der Waals surface area contributed by atoms with Gasteiger partial charge in [-0.05, 0) is 25.5 Å². The Bertz CT molecular complexity index is 336. The van der Waals surface area contributed by atoms with Crippen molar-refractivity contribution in [3.05, 3.63) is 35.6 Å². The minimum absolute atomic E-state index is 0.176. The molecule has 1 aromatic carbocycles. The van der Waals surface area contributed by atoms with Crippen LogP contribution in [0.15, 0.2) is 24.3 Å². The summed E-state index contributed by atoms with van der Waals surface area (Å²) in [7, 11) is 0. The average Bonchev–Trinajstić information content (AvgIpc) is 2.23. The fraction of sp³-hybridized carbons (Fsp3) is 0.538. The Morgan fingerprint density at radius 2 is 2.12 bits per heavy atom. The average molecular weight is 223 g/mol. The summed E-state index contributed by atoms with van der Waals surface area (Å²) in [5.41, 5.74) is 0.648. The van der Waals surface area contributed by atoms with Crippen LogP contribution in [-0.2, 0) is 11.3 Å². The summed E-state index contributed by atoms with van der Waals surface area (Å²) in [5.74, 6) is -0.176. The van der Waals surface area contributed by atoms with Gasteiger partial charge in [0.2, 0.25) is 0 Å². The van der Waals surface area contributed by atoms with Gasteiger partial charge in [0, 0.05) is 11.6 Å². The molecule has 0 spiro atoms. The molecule has 0 bridgehead atoms. The van der Waals surface area contributed by atoms with E-state index in [1.165, 1.54) is 6.07 Å². The van der Waals surface area contributed by atoms with E-state index in [1.807, 2.05) is 6.07 Å². The molecule has 16 heavy (non-hydrogen) atoms. The number of benzene rings is 1. The van der Waals surface area contributed by atoms with Gasteiger partial charge < -0.3 is 10.1 Å². The predicted molar refractivity (Wildman–Crippen MR) is 61.7 cm³/mol. The minimum atomic E-state index is -0.176. The predicted octanol–water partition coefficient (Wildman–Crippen LogP) is 2.48. The van der Waals surface area contributed by atoms with Crippen molar-refractivity contribution in [3.63, 3.8) is 0 Å². The quantitative estimate of drug-likeness (QED) is 0.828. The van der Waals surface area contributed by atoms with Crippen molar-refractivity contribution in [2.75, 3.05) is 6.54 Å². The van der Waals surface area contributed by atoms with Crippen molar-refractivity contribution in [1.29, 1.82) is 0 Å². The Balaban J connectivity index is 1.72. The minimum Gasteiger partial charge on any atom is -0.373 e. The van der Waals surface area contributed by atoms with Crippen LogP contribution in [0, 0.1) is 5.82 Å². The smallest absolute Gasteiger partial charge is 0.128 e. The monoisotopic (exact) mass is 223 g/mol. The number of hydrogen-bond acceptors (Lipinski definition) is 2. The van der Waals surface area contributed by atoms with Gasteiger partial charge in [0.25, 0.3) is 0 Å². The molecule has 2 rings (SSSR count). The van der Waals surface area contributed by atoms with E-state index in [0.717, 1.165) is 19.4 Å². The first-order chi connectivity index (χ1) is 7.79. The molecular weight excluding hydrogens is 205 g/mol. The lowest BCUT2D eigenvalue weighted by Gasteiger charge is -2.35. The van der Waals surface area contributed by atoms with Crippen LogP contribution in [0.5, 0.6) is 0 Å². The van der Waals surface area contributed by atoms with E-state index in [4.69, 9.17) is 4.74 Å². The lowest BCUT2D eigenvalue weighted by molar-refractivity contribution is -0.0270. The molecule has 2 nitrogen and oxygen atoms in total. The van der Waals surface area contributed by atoms with E-state index in [1.54, 1.807) is 12.1 Å². The van der Waals surface area contributed by atoms with Gasteiger partial charge in [-0.1, -0.05) is 25.1 Å². The van der Waals surface area contributed by atoms with Crippen LogP contribution in [0.4, 0.5) is 4.39 Å². The molecule has 0 unspecified atom stereocenters. The lowest BCUT2D eigenvalue weighted by Crippen LogP contribution is -2.45. The van der Waals surface area contributed by atoms with Gasteiger partial charge in [-0.3, -0.25) is 0 Å². The molecule has 0 radical (unpaired) electrons. The molecule has 3 heteroatoms. The first-order valence-corrected chi connectivity index (χ1v) is 5.88. The molecule has 0 amide bonds. The maximum Gasteiger partial charge on any atom is 0.128 e. The third-order valence-electron chi connectivity index (χ3n) is 3.02. The molecule has 88 valence electrons. The van der Waals surface area contributed by atoms with Crippen LogP contribution in [0.1, 0.15) is 25.3 Å². The maximum atomic E-state index is 13.3. The number of nitrogens with one attached hydrogen (secondary N) is 1. The molecular formula is C13H18FNO. The van der Waals surface area contributed by atoms with Crippen LogP contribution >= 0.6 is 0 Å². The van der Waals surface area contributed by atoms with E-state index in [-0.39, 0.29) is 5.82 Å². The van der Waals surface area contributed by atoms with Crippen LogP contribution in [0.25, 0.3) is 0 Å². The van der Waals surface area contributed by atoms with Crippen LogP contribution in [0.3, 0.4) is 0 Å². The van der Waals surface area contributed by atoms with Gasteiger partial charge in [-0.15, -0.1) is 0 Å². The van der Waals surface area contributed by atoms with Gasteiger partial charge >= 0.3 is 0 Å². The summed E-state index contributed by atoms with van der Waals surface area (Å²) >= 11 is 0. The van der Waals surface area contributed by atoms with E-state index in [9.17, 15) is 4.39 Å². The molecule has 1 saturated carbocycles. The summed E-state index contributed by atoms with van der Waals surface area (Å²) in [5, 5.41) is 3.37. The van der Waals surface area contributed by atoms with Crippen molar-refractivity contribution in [2.24, 2.45) is 0 Å². The zero-order valence-electron chi connectivity index (χ0n) is 9.58. The molecule has 1 fully saturated rings. The Morgan fingerprint density at radius 3 is 2.81 bits per heavy atom. The second-order valence-electron chi connectivity index (χ2n) is 4.25. The summed E-state index contributed by atoms with van der Waals surface area (Å²) < 4.78 is 18.9. The van der Waals surface area contributed by atoms with E-state index >= 15 is 0 Å². The molecule has 0 saturated heterocycles. The summed E-state index contributed by atoms with van der Waals surface area (Å²) in [6, 6.07) is 7.37. The van der Waals surface area contributed by atoms with Gasteiger partial charge in [0.05, 0.1) is 12.7 Å². The van der Waals surface area contributed by atoms with Crippen molar-refractivity contribution in [1.82, 2.24) is 5.32 Å². The van der Waals surface area contributed by atoms with Crippen molar-refractivity contribution >= 4 is 0 Å². The largest absolute Gasteiger partial charge is 0.373 e. The molecule has 1 aliphatic carbocycles. The van der Waals surface area contributed by atoms with Crippen molar-refractivity contribution in [2.45, 2.75) is 38.5 Å². The molecule has 0 heterocycles. The standard InChI is InChI=1S/C13H18FNO/c1-2-15-11-7-12(8-11)16-9-10-5-3-4-6-13(10)14/h3-6,11-12,15H,2,7-9H2,1H3. The second-order valence-corrected chi connectivity index (χ2v) is 4.25. The van der Waals surface area contributed by atoms with Gasteiger partial charge in [-0.2, -0.15) is 0 Å². The maximum absolute atomic E-state index is 13.3. The molecule has 0 aromatic heterocycles. The normalized spacial score (nSPS) is 24.1. The van der Waals surface area contributed by atoms with E-state index in [2.05, 4.69) is 12.2 Å². The molecule has 0 atom stereocenters. The van der Waals surface area contributed by atoms with E-state index < -0.39 is 0 Å². The summed E-state index contributed by atoms with van der Waals surface area (Å²) in [4.78, 5) is 0. The Morgan fingerprint density at radius 1 is 1.38 bits per heavy atom. The molecule has 1 aliphatic rings.